The molecule has 19 nitrogen and oxygen atoms in total. The number of aromatic nitrogens is 3. The summed E-state index contributed by atoms with van der Waals surface area (Å²) >= 11 is 0. The monoisotopic (exact) mass is 1140 g/mol. The summed E-state index contributed by atoms with van der Waals surface area (Å²) in [6.45, 7) is 1.77. The molecule has 85 heavy (non-hydrogen) atoms. The average molecular weight is 1140 g/mol. The van der Waals surface area contributed by atoms with Gasteiger partial charge in [-0.05, 0) is 151 Å². The van der Waals surface area contributed by atoms with E-state index in [9.17, 15) is 28.8 Å². The Morgan fingerprint density at radius 1 is 0.576 bits per heavy atom. The van der Waals surface area contributed by atoms with Crippen LogP contribution in [0.5, 0.6) is 11.5 Å². The highest BCUT2D eigenvalue weighted by Gasteiger charge is 2.40. The van der Waals surface area contributed by atoms with E-state index in [4.69, 9.17) is 24.7 Å². The number of benzene rings is 6. The number of anilines is 3. The molecule has 0 aliphatic carbocycles. The van der Waals surface area contributed by atoms with E-state index in [0.717, 1.165) is 83.2 Å². The number of carbonyl (C=O) groups is 6. The standard InChI is InChI=1S/C66H65N9O10/c1-68-60(76)26-27-61(77)85-44(38-84-66(39-9-5-4-6-10-39,40-12-16-42(82-2)17-13-40)41-14-18-43(83-3)19-15-41)11-7-8-31-69-62(78)54-35-48-45-28-32-73(57(45)23-20-51(48)70-54)63(79)55-36-49-46-29-33-74(58(46)24-21-52(49)71-55)64(80)56-37-50-47-30-34-75(65(67)81)59(47)25-22-53(50)72-56/h4-6,9-10,12-25,35-37,44,70-72H,7-8,11,26-34,38H2,1-3H3,(H2,67,81)(H,68,76)(H,69,78). The summed E-state index contributed by atoms with van der Waals surface area (Å²) in [6, 6.07) is 41.6. The first-order valence-electron chi connectivity index (χ1n) is 28.7. The second-order valence-electron chi connectivity index (χ2n) is 21.6. The molecule has 0 bridgehead atoms. The Kier molecular flexibility index (Phi) is 15.3. The fourth-order valence-electron chi connectivity index (χ4n) is 12.5. The van der Waals surface area contributed by atoms with Crippen molar-refractivity contribution < 1.29 is 47.7 Å². The van der Waals surface area contributed by atoms with Gasteiger partial charge in [0.15, 0.2) is 0 Å². The van der Waals surface area contributed by atoms with E-state index in [2.05, 4.69) is 25.6 Å². The Labute approximate surface area is 489 Å². The number of fused-ring (bicyclic) bond motifs is 9. The van der Waals surface area contributed by atoms with Gasteiger partial charge in [-0.15, -0.1) is 0 Å². The predicted molar refractivity (Wildman–Crippen MR) is 324 cm³/mol. The minimum absolute atomic E-state index is 0.00218. The minimum Gasteiger partial charge on any atom is -0.497 e. The van der Waals surface area contributed by atoms with Crippen LogP contribution in [0.1, 0.15) is 97.0 Å². The van der Waals surface area contributed by atoms with Gasteiger partial charge in [0.25, 0.3) is 17.7 Å². The third kappa shape index (κ3) is 10.6. The summed E-state index contributed by atoms with van der Waals surface area (Å²) in [5.41, 5.74) is 15.9. The van der Waals surface area contributed by atoms with Crippen molar-refractivity contribution in [2.75, 3.05) is 68.8 Å². The van der Waals surface area contributed by atoms with Gasteiger partial charge in [0.05, 0.1) is 27.2 Å². The molecule has 0 fully saturated rings. The van der Waals surface area contributed by atoms with Gasteiger partial charge in [-0.2, -0.15) is 0 Å². The average Bonchev–Trinajstić information content (AvgIpc) is 2.71. The molecule has 7 N–H and O–H groups in total. The third-order valence-corrected chi connectivity index (χ3v) is 16.8. The molecular weight excluding hydrogens is 1080 g/mol. The number of hydrogen-bond donors (Lipinski definition) is 6. The lowest BCUT2D eigenvalue weighted by molar-refractivity contribution is -0.156. The van der Waals surface area contributed by atoms with Crippen LogP contribution in [0.3, 0.4) is 0 Å². The highest BCUT2D eigenvalue weighted by Crippen LogP contribution is 2.43. The number of amides is 6. The first kappa shape index (κ1) is 55.6. The molecule has 3 aliphatic heterocycles. The van der Waals surface area contributed by atoms with E-state index in [1.165, 1.54) is 7.05 Å². The van der Waals surface area contributed by atoms with E-state index in [0.29, 0.717) is 93.3 Å². The largest absolute Gasteiger partial charge is 0.497 e. The summed E-state index contributed by atoms with van der Waals surface area (Å²) in [6.07, 6.45) is 2.55. The highest BCUT2D eigenvalue weighted by molar-refractivity contribution is 6.14. The number of esters is 1. The zero-order valence-corrected chi connectivity index (χ0v) is 47.5. The van der Waals surface area contributed by atoms with Crippen LogP contribution < -0.4 is 40.5 Å². The van der Waals surface area contributed by atoms with E-state index in [-0.39, 0.29) is 43.1 Å². The number of primary amides is 1. The van der Waals surface area contributed by atoms with Crippen molar-refractivity contribution in [3.63, 3.8) is 0 Å². The second-order valence-corrected chi connectivity index (χ2v) is 21.6. The van der Waals surface area contributed by atoms with Crippen LogP contribution in [0.15, 0.2) is 133 Å². The zero-order valence-electron chi connectivity index (χ0n) is 47.5. The van der Waals surface area contributed by atoms with Gasteiger partial charge in [0, 0.05) is 89.4 Å². The van der Waals surface area contributed by atoms with Crippen molar-refractivity contribution in [3.05, 3.63) is 184 Å². The number of methoxy groups -OCH3 is 2. The molecule has 6 amide bonds. The normalized spacial score (nSPS) is 13.9. The molecule has 6 aromatic carbocycles. The number of nitrogens with zero attached hydrogens (tertiary/aromatic N) is 3. The number of hydrogen-bond acceptors (Lipinski definition) is 10. The number of carbonyl (C=O) groups excluding carboxylic acids is 6. The number of unbranched alkanes of at least 4 members (excludes halogenated alkanes) is 1. The molecule has 6 heterocycles. The van der Waals surface area contributed by atoms with Gasteiger partial charge in [0.2, 0.25) is 5.91 Å². The highest BCUT2D eigenvalue weighted by atomic mass is 16.6. The molecule has 0 saturated heterocycles. The Morgan fingerprint density at radius 2 is 1.05 bits per heavy atom. The van der Waals surface area contributed by atoms with E-state index in [1.807, 2.05) is 133 Å². The van der Waals surface area contributed by atoms with Crippen molar-refractivity contribution in [2.45, 2.75) is 63.1 Å². The van der Waals surface area contributed by atoms with Crippen molar-refractivity contribution >= 4 is 85.4 Å². The Morgan fingerprint density at radius 3 is 1.54 bits per heavy atom. The quantitative estimate of drug-likeness (QED) is 0.0240. The third-order valence-electron chi connectivity index (χ3n) is 16.8. The molecule has 1 unspecified atom stereocenters. The summed E-state index contributed by atoms with van der Waals surface area (Å²) < 4.78 is 24.2. The van der Waals surface area contributed by atoms with Crippen LogP contribution >= 0.6 is 0 Å². The lowest BCUT2D eigenvalue weighted by atomic mass is 9.80. The molecule has 1 atom stereocenters. The predicted octanol–water partition coefficient (Wildman–Crippen LogP) is 9.34. The molecule has 0 radical (unpaired) electrons. The number of H-pyrrole nitrogens is 3. The summed E-state index contributed by atoms with van der Waals surface area (Å²) in [5, 5.41) is 8.25. The molecule has 3 aliphatic rings. The van der Waals surface area contributed by atoms with Crippen molar-refractivity contribution in [3.8, 4) is 11.5 Å². The Hall–Kier alpha value is -9.88. The zero-order chi connectivity index (χ0) is 58.9. The van der Waals surface area contributed by atoms with E-state index < -0.39 is 23.7 Å². The van der Waals surface area contributed by atoms with Gasteiger partial charge in [-0.1, -0.05) is 54.6 Å². The minimum atomic E-state index is -1.16. The van der Waals surface area contributed by atoms with Gasteiger partial charge in [-0.25, -0.2) is 4.79 Å². The summed E-state index contributed by atoms with van der Waals surface area (Å²) in [4.78, 5) is 94.9. The van der Waals surface area contributed by atoms with Gasteiger partial charge < -0.3 is 60.1 Å². The summed E-state index contributed by atoms with van der Waals surface area (Å²) in [7, 11) is 4.74. The van der Waals surface area contributed by atoms with Crippen LogP contribution in [0, 0.1) is 0 Å². The number of aromatic amines is 3. The van der Waals surface area contributed by atoms with Crippen LogP contribution in [0.25, 0.3) is 32.7 Å². The maximum absolute atomic E-state index is 14.4. The van der Waals surface area contributed by atoms with Gasteiger partial charge in [0.1, 0.15) is 40.3 Å². The van der Waals surface area contributed by atoms with E-state index >= 15 is 0 Å². The Bertz CT molecular complexity index is 4010. The van der Waals surface area contributed by atoms with Gasteiger partial charge >= 0.3 is 12.0 Å². The fraction of sp³-hybridized carbons (Fsp3) is 0.273. The molecule has 12 rings (SSSR count). The maximum atomic E-state index is 14.4. The SMILES string of the molecule is CNC(=O)CCC(=O)OC(CCCCNC(=O)c1cc2c3c(ccc2[nH]1)N(C(=O)c1cc2c4c(ccc2[nH]1)N(C(=O)c1cc2c5c(ccc2[nH]1)N(C(N)=O)CC5)CC4)CC3)COC(c1ccccc1)(c1ccc(OC)cc1)c1ccc(OC)cc1. The Balaban J connectivity index is 0.704. The molecule has 19 heteroatoms. The van der Waals surface area contributed by atoms with Crippen LogP contribution in [0.4, 0.5) is 21.9 Å². The molecule has 0 saturated carbocycles. The number of rotatable bonds is 20. The van der Waals surface area contributed by atoms with Crippen molar-refractivity contribution in [2.24, 2.45) is 5.73 Å². The van der Waals surface area contributed by atoms with Crippen LogP contribution in [-0.4, -0.2) is 111 Å². The number of nitrogens with two attached hydrogens (primary N) is 1. The lowest BCUT2D eigenvalue weighted by Crippen LogP contribution is -2.37. The van der Waals surface area contributed by atoms with E-state index in [1.54, 1.807) is 28.9 Å². The number of ether oxygens (including phenoxy) is 4. The molecule has 434 valence electrons. The van der Waals surface area contributed by atoms with Crippen molar-refractivity contribution in [1.29, 1.82) is 0 Å². The first-order valence-corrected chi connectivity index (χ1v) is 28.7. The second kappa shape index (κ2) is 23.4. The van der Waals surface area contributed by atoms with Gasteiger partial charge in [-0.3, -0.25) is 28.9 Å². The fourth-order valence-corrected chi connectivity index (χ4v) is 12.5. The molecular formula is C66H65N9O10. The van der Waals surface area contributed by atoms with Crippen LogP contribution in [-0.2, 0) is 43.9 Å². The lowest BCUT2D eigenvalue weighted by Gasteiger charge is -2.37. The number of nitrogens with one attached hydrogen (secondary N) is 5. The smallest absolute Gasteiger partial charge is 0.319 e. The first-order chi connectivity index (χ1) is 41.3. The summed E-state index contributed by atoms with van der Waals surface area (Å²) in [5.74, 6) is -0.0694. The number of urea groups is 1. The molecule has 3 aromatic heterocycles. The van der Waals surface area contributed by atoms with Crippen LogP contribution in [0.2, 0.25) is 0 Å². The van der Waals surface area contributed by atoms with Crippen molar-refractivity contribution in [1.82, 2.24) is 25.6 Å². The topological polar surface area (TPSA) is 247 Å². The molecule has 0 spiro atoms. The maximum Gasteiger partial charge on any atom is 0.319 e. The molecule has 9 aromatic rings.